The molecule has 0 saturated heterocycles. The predicted molar refractivity (Wildman–Crippen MR) is 81.6 cm³/mol. The van der Waals surface area contributed by atoms with Crippen LogP contribution >= 0.6 is 0 Å². The van der Waals surface area contributed by atoms with E-state index in [2.05, 4.69) is 20.3 Å². The molecule has 0 fully saturated rings. The van der Waals surface area contributed by atoms with Crippen LogP contribution in [0.1, 0.15) is 15.9 Å². The first-order valence-electron chi connectivity index (χ1n) is 6.94. The van der Waals surface area contributed by atoms with Gasteiger partial charge in [-0.2, -0.15) is 0 Å². The number of carbonyl (C=O) groups excluding carboxylic acids is 1. The fourth-order valence-corrected chi connectivity index (χ4v) is 2.04. The summed E-state index contributed by atoms with van der Waals surface area (Å²) in [4.78, 5) is 24.3. The first kappa shape index (κ1) is 13.9. The molecular formula is C16H15N5O. The SMILES string of the molecule is O=C(NCCc1cccnc1)c1ccc(-n2ccnc2)nc1. The Kier molecular flexibility index (Phi) is 4.20. The maximum absolute atomic E-state index is 12.0. The van der Waals surface area contributed by atoms with Crippen molar-refractivity contribution >= 4 is 5.91 Å². The summed E-state index contributed by atoms with van der Waals surface area (Å²) in [5, 5.41) is 2.88. The molecule has 3 aromatic heterocycles. The van der Waals surface area contributed by atoms with Crippen LogP contribution in [-0.4, -0.2) is 32.0 Å². The Bertz CT molecular complexity index is 723. The normalized spacial score (nSPS) is 10.4. The molecule has 0 aliphatic heterocycles. The van der Waals surface area contributed by atoms with E-state index >= 15 is 0 Å². The summed E-state index contributed by atoms with van der Waals surface area (Å²) in [5.41, 5.74) is 1.63. The smallest absolute Gasteiger partial charge is 0.252 e. The Morgan fingerprint density at radius 2 is 2.09 bits per heavy atom. The number of hydrogen-bond donors (Lipinski definition) is 1. The number of nitrogens with one attached hydrogen (secondary N) is 1. The van der Waals surface area contributed by atoms with Crippen molar-refractivity contribution in [2.75, 3.05) is 6.54 Å². The molecule has 0 saturated carbocycles. The molecule has 0 radical (unpaired) electrons. The Morgan fingerprint density at radius 1 is 1.14 bits per heavy atom. The van der Waals surface area contributed by atoms with E-state index in [0.29, 0.717) is 12.1 Å². The van der Waals surface area contributed by atoms with Crippen LogP contribution in [0.5, 0.6) is 0 Å². The van der Waals surface area contributed by atoms with Crippen LogP contribution in [0.15, 0.2) is 61.6 Å². The van der Waals surface area contributed by atoms with Crippen LogP contribution < -0.4 is 5.32 Å². The molecule has 3 heterocycles. The lowest BCUT2D eigenvalue weighted by molar-refractivity contribution is 0.0954. The number of nitrogens with zero attached hydrogens (tertiary/aromatic N) is 4. The van der Waals surface area contributed by atoms with Crippen molar-refractivity contribution in [3.05, 3.63) is 72.7 Å². The minimum Gasteiger partial charge on any atom is -0.352 e. The van der Waals surface area contributed by atoms with Crippen LogP contribution in [0, 0.1) is 0 Å². The molecule has 0 unspecified atom stereocenters. The molecule has 0 bridgehead atoms. The second kappa shape index (κ2) is 6.62. The largest absolute Gasteiger partial charge is 0.352 e. The van der Waals surface area contributed by atoms with Gasteiger partial charge < -0.3 is 5.32 Å². The second-order valence-electron chi connectivity index (χ2n) is 4.74. The zero-order chi connectivity index (χ0) is 15.2. The molecular weight excluding hydrogens is 278 g/mol. The minimum absolute atomic E-state index is 0.131. The fourth-order valence-electron chi connectivity index (χ4n) is 2.04. The van der Waals surface area contributed by atoms with Crippen molar-refractivity contribution in [2.24, 2.45) is 0 Å². The molecule has 110 valence electrons. The molecule has 0 atom stereocenters. The van der Waals surface area contributed by atoms with E-state index in [0.717, 1.165) is 17.8 Å². The molecule has 0 aromatic carbocycles. The quantitative estimate of drug-likeness (QED) is 0.776. The summed E-state index contributed by atoms with van der Waals surface area (Å²) >= 11 is 0. The summed E-state index contributed by atoms with van der Waals surface area (Å²) in [6.45, 7) is 0.563. The van der Waals surface area contributed by atoms with Gasteiger partial charge in [-0.15, -0.1) is 0 Å². The maximum atomic E-state index is 12.0. The van der Waals surface area contributed by atoms with Gasteiger partial charge in [-0.1, -0.05) is 6.07 Å². The van der Waals surface area contributed by atoms with E-state index in [9.17, 15) is 4.79 Å². The van der Waals surface area contributed by atoms with Crippen LogP contribution in [0.4, 0.5) is 0 Å². The third-order valence-electron chi connectivity index (χ3n) is 3.20. The predicted octanol–water partition coefficient (Wildman–Crippen LogP) is 1.63. The highest BCUT2D eigenvalue weighted by atomic mass is 16.1. The average Bonchev–Trinajstić information content (AvgIpc) is 3.10. The van der Waals surface area contributed by atoms with Crippen molar-refractivity contribution < 1.29 is 4.79 Å². The van der Waals surface area contributed by atoms with Gasteiger partial charge in [-0.25, -0.2) is 9.97 Å². The van der Waals surface area contributed by atoms with Crippen molar-refractivity contribution in [1.29, 1.82) is 0 Å². The number of rotatable bonds is 5. The van der Waals surface area contributed by atoms with Crippen LogP contribution in [-0.2, 0) is 6.42 Å². The van der Waals surface area contributed by atoms with Crippen molar-refractivity contribution in [2.45, 2.75) is 6.42 Å². The van der Waals surface area contributed by atoms with Crippen molar-refractivity contribution in [3.63, 3.8) is 0 Å². The van der Waals surface area contributed by atoms with Crippen molar-refractivity contribution in [3.8, 4) is 5.82 Å². The minimum atomic E-state index is -0.131. The van der Waals surface area contributed by atoms with E-state index in [1.165, 1.54) is 0 Å². The molecule has 1 amide bonds. The lowest BCUT2D eigenvalue weighted by Crippen LogP contribution is -2.25. The number of pyridine rings is 2. The van der Waals surface area contributed by atoms with Gasteiger partial charge in [0.25, 0.3) is 5.91 Å². The highest BCUT2D eigenvalue weighted by molar-refractivity contribution is 5.93. The summed E-state index contributed by atoms with van der Waals surface area (Å²) in [6, 6.07) is 7.41. The Labute approximate surface area is 127 Å². The summed E-state index contributed by atoms with van der Waals surface area (Å²) in [7, 11) is 0. The Hall–Kier alpha value is -3.02. The first-order valence-corrected chi connectivity index (χ1v) is 6.94. The molecule has 22 heavy (non-hydrogen) atoms. The van der Waals surface area contributed by atoms with Gasteiger partial charge in [0.1, 0.15) is 12.1 Å². The number of carbonyl (C=O) groups is 1. The van der Waals surface area contributed by atoms with Gasteiger partial charge in [0.15, 0.2) is 0 Å². The number of hydrogen-bond acceptors (Lipinski definition) is 4. The van der Waals surface area contributed by atoms with E-state index in [4.69, 9.17) is 0 Å². The molecule has 0 aliphatic rings. The van der Waals surface area contributed by atoms with E-state index < -0.39 is 0 Å². The van der Waals surface area contributed by atoms with Crippen LogP contribution in [0.25, 0.3) is 5.82 Å². The molecule has 1 N–H and O–H groups in total. The first-order chi connectivity index (χ1) is 10.8. The van der Waals surface area contributed by atoms with Crippen LogP contribution in [0.2, 0.25) is 0 Å². The summed E-state index contributed by atoms with van der Waals surface area (Å²) in [5.74, 6) is 0.595. The number of aromatic nitrogens is 4. The molecule has 3 rings (SSSR count). The topological polar surface area (TPSA) is 72.7 Å². The lowest BCUT2D eigenvalue weighted by atomic mass is 10.2. The van der Waals surface area contributed by atoms with E-state index in [1.807, 2.05) is 12.1 Å². The zero-order valence-electron chi connectivity index (χ0n) is 11.9. The average molecular weight is 293 g/mol. The van der Waals surface area contributed by atoms with Crippen molar-refractivity contribution in [1.82, 2.24) is 24.8 Å². The zero-order valence-corrected chi connectivity index (χ0v) is 11.9. The van der Waals surface area contributed by atoms with E-state index in [-0.39, 0.29) is 5.91 Å². The molecule has 6 heteroatoms. The molecule has 0 spiro atoms. The molecule has 0 aliphatic carbocycles. The lowest BCUT2D eigenvalue weighted by Gasteiger charge is -2.06. The standard InChI is InChI=1S/C16H15N5O/c22-16(19-7-5-13-2-1-6-17-10-13)14-3-4-15(20-11-14)21-9-8-18-12-21/h1-4,6,8-12H,5,7H2,(H,19,22). The fraction of sp³-hybridized carbons (Fsp3) is 0.125. The second-order valence-corrected chi connectivity index (χ2v) is 4.74. The maximum Gasteiger partial charge on any atom is 0.252 e. The third kappa shape index (κ3) is 3.35. The van der Waals surface area contributed by atoms with Gasteiger partial charge in [-0.3, -0.25) is 14.3 Å². The molecule has 3 aromatic rings. The van der Waals surface area contributed by atoms with Gasteiger partial charge in [0.2, 0.25) is 0 Å². The molecule has 6 nitrogen and oxygen atoms in total. The monoisotopic (exact) mass is 293 g/mol. The van der Waals surface area contributed by atoms with E-state index in [1.54, 1.807) is 54.0 Å². The Balaban J connectivity index is 1.56. The third-order valence-corrected chi connectivity index (χ3v) is 3.20. The van der Waals surface area contributed by atoms with Gasteiger partial charge >= 0.3 is 0 Å². The number of imidazole rings is 1. The highest BCUT2D eigenvalue weighted by Gasteiger charge is 2.06. The van der Waals surface area contributed by atoms with Gasteiger partial charge in [-0.05, 0) is 30.2 Å². The summed E-state index contributed by atoms with van der Waals surface area (Å²) < 4.78 is 1.78. The van der Waals surface area contributed by atoms with Crippen LogP contribution in [0.3, 0.4) is 0 Å². The van der Waals surface area contributed by atoms with Gasteiger partial charge in [0, 0.05) is 37.5 Å². The van der Waals surface area contributed by atoms with Gasteiger partial charge in [0.05, 0.1) is 5.56 Å². The summed E-state index contributed by atoms with van der Waals surface area (Å²) in [6.07, 6.45) is 11.0. The highest BCUT2D eigenvalue weighted by Crippen LogP contribution is 2.05. The number of amides is 1. The Morgan fingerprint density at radius 3 is 2.77 bits per heavy atom.